The van der Waals surface area contributed by atoms with Crippen LogP contribution < -0.4 is 29.7 Å². The van der Waals surface area contributed by atoms with Crippen molar-refractivity contribution < 1.29 is 19.0 Å². The molecule has 2 aliphatic heterocycles. The van der Waals surface area contributed by atoms with Gasteiger partial charge in [0.2, 0.25) is 5.91 Å². The third kappa shape index (κ3) is 4.43. The summed E-state index contributed by atoms with van der Waals surface area (Å²) in [5.74, 6) is 1.20. The Kier molecular flexibility index (Phi) is 6.92. The second kappa shape index (κ2) is 10.2. The van der Waals surface area contributed by atoms with E-state index in [1.54, 1.807) is 0 Å². The highest BCUT2D eigenvalue weighted by Gasteiger charge is 2.59. The summed E-state index contributed by atoms with van der Waals surface area (Å²) in [6.07, 6.45) is 0. The average Bonchev–Trinajstić information content (AvgIpc) is 2.87. The van der Waals surface area contributed by atoms with Crippen molar-refractivity contribution in [1.82, 2.24) is 5.32 Å². The molecule has 2 heterocycles. The lowest BCUT2D eigenvalue weighted by Crippen LogP contribution is -2.72. The zero-order valence-corrected chi connectivity index (χ0v) is 23.1. The van der Waals surface area contributed by atoms with Crippen LogP contribution in [0.15, 0.2) is 60.7 Å². The summed E-state index contributed by atoms with van der Waals surface area (Å²) >= 11 is 5.88. The summed E-state index contributed by atoms with van der Waals surface area (Å²) in [5.41, 5.74) is 3.37. The van der Waals surface area contributed by atoms with E-state index in [1.807, 2.05) is 94.1 Å². The van der Waals surface area contributed by atoms with Crippen molar-refractivity contribution in [1.29, 1.82) is 0 Å². The topological polar surface area (TPSA) is 72.1 Å². The number of hydrogen-bond acceptors (Lipinski definition) is 5. The van der Waals surface area contributed by atoms with E-state index in [1.165, 1.54) is 0 Å². The molecule has 3 aromatic carbocycles. The van der Waals surface area contributed by atoms with Gasteiger partial charge in [-0.2, -0.15) is 0 Å². The van der Waals surface area contributed by atoms with Gasteiger partial charge in [0.25, 0.3) is 0 Å². The van der Waals surface area contributed by atoms with Gasteiger partial charge in [-0.15, -0.1) is 0 Å². The minimum Gasteiger partial charge on any atom is -0.494 e. The first-order chi connectivity index (χ1) is 18.3. The average molecular weight is 532 g/mol. The van der Waals surface area contributed by atoms with Crippen LogP contribution in [0.25, 0.3) is 0 Å². The van der Waals surface area contributed by atoms with E-state index in [2.05, 4.69) is 16.7 Å². The third-order valence-electron chi connectivity index (χ3n) is 7.12. The zero-order valence-electron chi connectivity index (χ0n) is 22.3. The summed E-state index contributed by atoms with van der Waals surface area (Å²) in [4.78, 5) is 16.0. The van der Waals surface area contributed by atoms with E-state index in [9.17, 15) is 4.79 Å². The molecule has 0 radical (unpaired) electrons. The molecule has 1 amide bonds. The molecule has 1 saturated heterocycles. The predicted octanol–water partition coefficient (Wildman–Crippen LogP) is 5.90. The maximum absolute atomic E-state index is 14.1. The number of carbonyl (C=O) groups is 1. The van der Waals surface area contributed by atoms with Gasteiger partial charge in [0.05, 0.1) is 19.3 Å². The Morgan fingerprint density at radius 3 is 2.50 bits per heavy atom. The Morgan fingerprint density at radius 2 is 1.82 bits per heavy atom. The molecule has 0 aromatic heterocycles. The highest BCUT2D eigenvalue weighted by Crippen LogP contribution is 2.52. The number of aryl methyl sites for hydroxylation is 2. The summed E-state index contributed by atoms with van der Waals surface area (Å²) in [5, 5.41) is 7.10. The number of anilines is 2. The summed E-state index contributed by atoms with van der Waals surface area (Å²) in [6, 6.07) is 19.0. The fourth-order valence-corrected chi connectivity index (χ4v) is 5.86. The number of amides is 1. The fourth-order valence-electron chi connectivity index (χ4n) is 5.45. The van der Waals surface area contributed by atoms with Gasteiger partial charge >= 0.3 is 0 Å². The Hall–Kier alpha value is -3.78. The lowest BCUT2D eigenvalue weighted by Gasteiger charge is -2.56. The number of nitrogens with one attached hydrogen (secondary N) is 2. The minimum absolute atomic E-state index is 0.164. The summed E-state index contributed by atoms with van der Waals surface area (Å²) in [6.45, 7) is 10.9. The van der Waals surface area contributed by atoms with Gasteiger partial charge in [-0.1, -0.05) is 29.8 Å². The second-order valence-electron chi connectivity index (χ2n) is 9.74. The number of ether oxygens (including phenoxy) is 3. The Balaban J connectivity index is 1.62. The van der Waals surface area contributed by atoms with Gasteiger partial charge in [-0.25, -0.2) is 0 Å². The van der Waals surface area contributed by atoms with Crippen molar-refractivity contribution in [2.24, 2.45) is 5.92 Å². The van der Waals surface area contributed by atoms with Crippen molar-refractivity contribution in [2.75, 3.05) is 23.4 Å². The van der Waals surface area contributed by atoms with Gasteiger partial charge in [0, 0.05) is 16.9 Å². The molecule has 0 saturated carbocycles. The highest BCUT2D eigenvalue weighted by molar-refractivity contribution is 7.80. The Labute approximate surface area is 229 Å². The number of hydrogen-bond donors (Lipinski definition) is 2. The number of rotatable bonds is 7. The Morgan fingerprint density at radius 1 is 1.08 bits per heavy atom. The number of fused-ring (bicyclic) bond motifs is 4. The number of para-hydroxylation sites is 1. The van der Waals surface area contributed by atoms with E-state index >= 15 is 0 Å². The van der Waals surface area contributed by atoms with Gasteiger partial charge in [0.15, 0.2) is 22.3 Å². The van der Waals surface area contributed by atoms with Gasteiger partial charge in [-0.05, 0) is 88.8 Å². The predicted molar refractivity (Wildman–Crippen MR) is 153 cm³/mol. The molecule has 0 unspecified atom stereocenters. The van der Waals surface area contributed by atoms with Crippen LogP contribution in [0.2, 0.25) is 0 Å². The quantitative estimate of drug-likeness (QED) is 0.368. The monoisotopic (exact) mass is 531 g/mol. The van der Waals surface area contributed by atoms with Crippen molar-refractivity contribution >= 4 is 34.6 Å². The minimum atomic E-state index is -1.15. The van der Waals surface area contributed by atoms with Crippen LogP contribution in [0, 0.1) is 19.8 Å². The molecule has 5 rings (SSSR count). The normalized spacial score (nSPS) is 21.6. The summed E-state index contributed by atoms with van der Waals surface area (Å²) < 4.78 is 18.4. The van der Waals surface area contributed by atoms with Crippen LogP contribution in [0.1, 0.15) is 43.5 Å². The molecule has 0 spiro atoms. The van der Waals surface area contributed by atoms with Crippen LogP contribution in [0.4, 0.5) is 11.4 Å². The highest BCUT2D eigenvalue weighted by atomic mass is 32.1. The largest absolute Gasteiger partial charge is 0.494 e. The first kappa shape index (κ1) is 25.9. The molecule has 2 N–H and O–H groups in total. The molecule has 1 fully saturated rings. The van der Waals surface area contributed by atoms with Crippen LogP contribution >= 0.6 is 12.2 Å². The molecule has 2 bridgehead atoms. The standard InChI is InChI=1S/C30H33N3O4S/c1-6-35-21-14-12-20(13-15-21)33-29(38)32-26-22-9-8-10-24(36-7-2)27(22)37-30(33,5)25(26)28(34)31-23-16-11-18(3)17-19(23)4/h8-17,25-26H,6-7H2,1-5H3,(H,31,34)(H,32,38)/t25-,26+,30+/m1/s1. The van der Waals surface area contributed by atoms with Crippen molar-refractivity contribution in [2.45, 2.75) is 46.4 Å². The van der Waals surface area contributed by atoms with Crippen molar-refractivity contribution in [3.05, 3.63) is 77.4 Å². The third-order valence-corrected chi connectivity index (χ3v) is 7.42. The zero-order chi connectivity index (χ0) is 27.0. The van der Waals surface area contributed by atoms with Crippen molar-refractivity contribution in [3.63, 3.8) is 0 Å². The second-order valence-corrected chi connectivity index (χ2v) is 10.1. The molecule has 2 aliphatic rings. The maximum Gasteiger partial charge on any atom is 0.236 e. The number of benzene rings is 3. The molecule has 7 nitrogen and oxygen atoms in total. The van der Waals surface area contributed by atoms with Gasteiger partial charge in [-0.3, -0.25) is 9.69 Å². The lowest BCUT2D eigenvalue weighted by molar-refractivity contribution is -0.130. The van der Waals surface area contributed by atoms with E-state index in [4.69, 9.17) is 26.4 Å². The molecule has 8 heteroatoms. The van der Waals surface area contributed by atoms with Crippen molar-refractivity contribution in [3.8, 4) is 17.2 Å². The molecule has 3 atom stereocenters. The van der Waals surface area contributed by atoms with Crippen LogP contribution in [0.5, 0.6) is 17.2 Å². The first-order valence-electron chi connectivity index (χ1n) is 12.9. The summed E-state index contributed by atoms with van der Waals surface area (Å²) in [7, 11) is 0. The van der Waals surface area contributed by atoms with Crippen LogP contribution in [0.3, 0.4) is 0 Å². The number of carbonyl (C=O) groups excluding carboxylic acids is 1. The number of nitrogens with zero attached hydrogens (tertiary/aromatic N) is 1. The van der Waals surface area contributed by atoms with E-state index in [0.717, 1.165) is 33.8 Å². The van der Waals surface area contributed by atoms with E-state index in [-0.39, 0.29) is 5.91 Å². The molecule has 3 aromatic rings. The maximum atomic E-state index is 14.1. The fraction of sp³-hybridized carbons (Fsp3) is 0.333. The number of thiocarbonyl (C=S) groups is 1. The van der Waals surface area contributed by atoms with Gasteiger partial charge < -0.3 is 24.8 Å². The molecule has 198 valence electrons. The molecule has 38 heavy (non-hydrogen) atoms. The smallest absolute Gasteiger partial charge is 0.236 e. The van der Waals surface area contributed by atoms with E-state index in [0.29, 0.717) is 29.8 Å². The lowest BCUT2D eigenvalue weighted by atomic mass is 9.78. The van der Waals surface area contributed by atoms with E-state index < -0.39 is 17.7 Å². The molecular formula is C30H33N3O4S. The Bertz CT molecular complexity index is 1380. The molecular weight excluding hydrogens is 498 g/mol. The van der Waals surface area contributed by atoms with Crippen LogP contribution in [-0.4, -0.2) is 30.0 Å². The van der Waals surface area contributed by atoms with Crippen LogP contribution in [-0.2, 0) is 4.79 Å². The van der Waals surface area contributed by atoms with Gasteiger partial charge in [0.1, 0.15) is 11.7 Å². The first-order valence-corrected chi connectivity index (χ1v) is 13.3. The SMILES string of the molecule is CCOc1ccc(N2C(=S)N[C@H]3c4cccc(OCC)c4O[C@@]2(C)[C@H]3C(=O)Nc2ccc(C)cc2C)cc1. The molecule has 0 aliphatic carbocycles.